The van der Waals surface area contributed by atoms with Gasteiger partial charge in [-0.3, -0.25) is 4.98 Å². The van der Waals surface area contributed by atoms with Crippen LogP contribution in [-0.2, 0) is 10.8 Å². The SMILES string of the molecule is CC(C)(C)c1cc(-c2nccc3c(N)c(N)oc23)cc(C(C)(C)C)c1. The average Bonchev–Trinajstić information content (AvgIpc) is 2.80. The van der Waals surface area contributed by atoms with Gasteiger partial charge in [-0.2, -0.15) is 0 Å². The summed E-state index contributed by atoms with van der Waals surface area (Å²) in [5.74, 6) is 0.243. The molecule has 0 aliphatic rings. The smallest absolute Gasteiger partial charge is 0.214 e. The van der Waals surface area contributed by atoms with E-state index in [1.807, 2.05) is 6.07 Å². The van der Waals surface area contributed by atoms with Crippen molar-refractivity contribution in [1.29, 1.82) is 0 Å². The van der Waals surface area contributed by atoms with Gasteiger partial charge in [-0.25, -0.2) is 0 Å². The van der Waals surface area contributed by atoms with Crippen LogP contribution in [0.15, 0.2) is 34.9 Å². The van der Waals surface area contributed by atoms with E-state index in [-0.39, 0.29) is 16.7 Å². The second-order valence-electron chi connectivity index (χ2n) is 8.72. The van der Waals surface area contributed by atoms with Gasteiger partial charge in [0.1, 0.15) is 11.4 Å². The number of nitrogen functional groups attached to an aromatic ring is 2. The number of fused-ring (bicyclic) bond motifs is 1. The van der Waals surface area contributed by atoms with E-state index in [2.05, 4.69) is 64.7 Å². The fourth-order valence-electron chi connectivity index (χ4n) is 2.90. The van der Waals surface area contributed by atoms with Crippen molar-refractivity contribution >= 4 is 22.5 Å². The number of furan rings is 1. The van der Waals surface area contributed by atoms with E-state index in [4.69, 9.17) is 15.9 Å². The molecule has 3 aromatic rings. The van der Waals surface area contributed by atoms with E-state index in [0.717, 1.165) is 16.6 Å². The van der Waals surface area contributed by atoms with E-state index < -0.39 is 0 Å². The Morgan fingerprint density at radius 1 is 0.880 bits per heavy atom. The minimum atomic E-state index is 0.0329. The lowest BCUT2D eigenvalue weighted by Crippen LogP contribution is -2.16. The largest absolute Gasteiger partial charge is 0.436 e. The zero-order valence-corrected chi connectivity index (χ0v) is 15.9. The fraction of sp³-hybridized carbons (Fsp3) is 0.381. The highest BCUT2D eigenvalue weighted by Crippen LogP contribution is 2.38. The maximum absolute atomic E-state index is 6.04. The fourth-order valence-corrected chi connectivity index (χ4v) is 2.90. The molecule has 1 aromatic carbocycles. The predicted octanol–water partition coefficient (Wildman–Crippen LogP) is 5.25. The van der Waals surface area contributed by atoms with E-state index >= 15 is 0 Å². The van der Waals surface area contributed by atoms with Crippen LogP contribution in [0.2, 0.25) is 0 Å². The third kappa shape index (κ3) is 3.09. The molecular weight excluding hydrogens is 310 g/mol. The Hall–Kier alpha value is -2.49. The zero-order valence-electron chi connectivity index (χ0n) is 15.9. The number of hydrogen-bond acceptors (Lipinski definition) is 4. The number of hydrogen-bond donors (Lipinski definition) is 2. The quantitative estimate of drug-likeness (QED) is 0.635. The summed E-state index contributed by atoms with van der Waals surface area (Å²) >= 11 is 0. The molecule has 0 amide bonds. The van der Waals surface area contributed by atoms with Crippen LogP contribution in [0.3, 0.4) is 0 Å². The van der Waals surface area contributed by atoms with Crippen molar-refractivity contribution in [3.63, 3.8) is 0 Å². The van der Waals surface area contributed by atoms with Gasteiger partial charge in [-0.15, -0.1) is 0 Å². The van der Waals surface area contributed by atoms with Crippen molar-refractivity contribution in [2.75, 3.05) is 11.5 Å². The summed E-state index contributed by atoms with van der Waals surface area (Å²) in [6.45, 7) is 13.3. The Morgan fingerprint density at radius 2 is 1.44 bits per heavy atom. The van der Waals surface area contributed by atoms with Crippen LogP contribution in [0.5, 0.6) is 0 Å². The van der Waals surface area contributed by atoms with Gasteiger partial charge >= 0.3 is 0 Å². The molecule has 0 saturated heterocycles. The second-order valence-corrected chi connectivity index (χ2v) is 8.72. The van der Waals surface area contributed by atoms with Crippen LogP contribution in [-0.4, -0.2) is 4.98 Å². The van der Waals surface area contributed by atoms with Crippen molar-refractivity contribution in [3.8, 4) is 11.3 Å². The topological polar surface area (TPSA) is 78.1 Å². The van der Waals surface area contributed by atoms with Gasteiger partial charge in [0.2, 0.25) is 5.88 Å². The maximum atomic E-state index is 6.04. The Balaban J connectivity index is 2.32. The lowest BCUT2D eigenvalue weighted by atomic mass is 9.79. The van der Waals surface area contributed by atoms with Crippen molar-refractivity contribution in [2.45, 2.75) is 52.4 Å². The first-order valence-electron chi connectivity index (χ1n) is 8.57. The number of nitrogens with zero attached hydrogens (tertiary/aromatic N) is 1. The molecule has 4 N–H and O–H groups in total. The average molecular weight is 337 g/mol. The molecule has 0 bridgehead atoms. The van der Waals surface area contributed by atoms with Crippen molar-refractivity contribution in [2.24, 2.45) is 0 Å². The Morgan fingerprint density at radius 3 is 1.96 bits per heavy atom. The molecule has 4 heteroatoms. The molecule has 3 rings (SSSR count). The number of pyridine rings is 1. The Kier molecular flexibility index (Phi) is 3.82. The highest BCUT2D eigenvalue weighted by Gasteiger charge is 2.23. The summed E-state index contributed by atoms with van der Waals surface area (Å²) in [6, 6.07) is 8.50. The molecule has 0 saturated carbocycles. The van der Waals surface area contributed by atoms with Crippen LogP contribution in [0, 0.1) is 0 Å². The third-order valence-electron chi connectivity index (χ3n) is 4.61. The van der Waals surface area contributed by atoms with Crippen LogP contribution >= 0.6 is 0 Å². The minimum absolute atomic E-state index is 0.0329. The van der Waals surface area contributed by atoms with Crippen LogP contribution < -0.4 is 11.5 Å². The summed E-state index contributed by atoms with van der Waals surface area (Å²) in [6.07, 6.45) is 1.75. The standard InChI is InChI=1S/C21H27N3O/c1-20(2,3)13-9-12(10-14(11-13)21(4,5)6)17-18-15(7-8-24-17)16(22)19(23)25-18/h7-11H,22-23H2,1-6H3. The Bertz CT molecular complexity index is 908. The molecule has 0 atom stereocenters. The number of aromatic nitrogens is 1. The molecule has 25 heavy (non-hydrogen) atoms. The van der Waals surface area contributed by atoms with Crippen molar-refractivity contribution in [1.82, 2.24) is 4.98 Å². The summed E-state index contributed by atoms with van der Waals surface area (Å²) in [7, 11) is 0. The molecule has 2 heterocycles. The lowest BCUT2D eigenvalue weighted by Gasteiger charge is -2.26. The van der Waals surface area contributed by atoms with Gasteiger partial charge in [0.05, 0.1) is 0 Å². The van der Waals surface area contributed by atoms with Crippen molar-refractivity contribution in [3.05, 3.63) is 41.6 Å². The molecule has 0 spiro atoms. The first-order chi connectivity index (χ1) is 11.5. The molecule has 0 unspecified atom stereocenters. The summed E-state index contributed by atoms with van der Waals surface area (Å²) in [5.41, 5.74) is 17.4. The van der Waals surface area contributed by atoms with Crippen molar-refractivity contribution < 1.29 is 4.42 Å². The first-order valence-corrected chi connectivity index (χ1v) is 8.57. The Labute approximate surface area is 149 Å². The molecule has 0 aliphatic heterocycles. The van der Waals surface area contributed by atoms with E-state index in [1.54, 1.807) is 6.20 Å². The van der Waals surface area contributed by atoms with E-state index in [9.17, 15) is 0 Å². The normalized spacial score (nSPS) is 12.7. The summed E-state index contributed by atoms with van der Waals surface area (Å²) < 4.78 is 5.73. The summed E-state index contributed by atoms with van der Waals surface area (Å²) in [4.78, 5) is 4.57. The number of nitrogens with two attached hydrogens (primary N) is 2. The molecular formula is C21H27N3O. The first kappa shape index (κ1) is 17.3. The zero-order chi connectivity index (χ0) is 18.6. The second kappa shape index (κ2) is 5.51. The highest BCUT2D eigenvalue weighted by molar-refractivity contribution is 6.01. The van der Waals surface area contributed by atoms with E-state index in [0.29, 0.717) is 11.3 Å². The van der Waals surface area contributed by atoms with Gasteiger partial charge < -0.3 is 15.9 Å². The van der Waals surface area contributed by atoms with E-state index in [1.165, 1.54) is 11.1 Å². The van der Waals surface area contributed by atoms with Gasteiger partial charge in [0.25, 0.3) is 0 Å². The molecule has 0 radical (unpaired) electrons. The summed E-state index contributed by atoms with van der Waals surface area (Å²) in [5, 5.41) is 0.806. The van der Waals surface area contributed by atoms with Gasteiger partial charge in [0, 0.05) is 17.1 Å². The molecule has 4 nitrogen and oxygen atoms in total. The highest BCUT2D eigenvalue weighted by atomic mass is 16.3. The third-order valence-corrected chi connectivity index (χ3v) is 4.61. The number of rotatable bonds is 1. The van der Waals surface area contributed by atoms with Gasteiger partial charge in [-0.05, 0) is 40.2 Å². The maximum Gasteiger partial charge on any atom is 0.214 e. The minimum Gasteiger partial charge on any atom is -0.436 e. The molecule has 2 aromatic heterocycles. The predicted molar refractivity (Wildman–Crippen MR) is 106 cm³/mol. The monoisotopic (exact) mass is 337 g/mol. The molecule has 132 valence electrons. The van der Waals surface area contributed by atoms with Gasteiger partial charge in [0.15, 0.2) is 5.58 Å². The van der Waals surface area contributed by atoms with Crippen LogP contribution in [0.1, 0.15) is 52.7 Å². The van der Waals surface area contributed by atoms with Crippen LogP contribution in [0.25, 0.3) is 22.2 Å². The van der Waals surface area contributed by atoms with Gasteiger partial charge in [-0.1, -0.05) is 47.6 Å². The molecule has 0 fully saturated rings. The lowest BCUT2D eigenvalue weighted by molar-refractivity contribution is 0.569. The van der Waals surface area contributed by atoms with Crippen LogP contribution in [0.4, 0.5) is 11.6 Å². The number of benzene rings is 1. The molecule has 0 aliphatic carbocycles. The number of anilines is 2.